The Morgan fingerprint density at radius 1 is 0.972 bits per heavy atom. The number of para-hydroxylation sites is 1. The number of benzene rings is 2. The first kappa shape index (κ1) is 24.2. The summed E-state index contributed by atoms with van der Waals surface area (Å²) in [6, 6.07) is 15.2. The van der Waals surface area contributed by atoms with E-state index in [-0.39, 0.29) is 17.8 Å². The van der Waals surface area contributed by atoms with Gasteiger partial charge in [-0.3, -0.25) is 4.79 Å². The van der Waals surface area contributed by atoms with Crippen LogP contribution in [0, 0.1) is 12.7 Å². The first-order chi connectivity index (χ1) is 17.5. The number of rotatable bonds is 5. The lowest BCUT2D eigenvalue weighted by atomic mass is 9.94. The minimum absolute atomic E-state index is 0.0239. The molecule has 2 fully saturated rings. The van der Waals surface area contributed by atoms with Crippen LogP contribution in [0.15, 0.2) is 54.7 Å². The second-order valence-corrected chi connectivity index (χ2v) is 9.93. The molecule has 1 aliphatic carbocycles. The molecular weight excluding hydrogens is 453 g/mol. The summed E-state index contributed by atoms with van der Waals surface area (Å²) < 4.78 is 14.4. The Balaban J connectivity index is 1.44. The number of halogens is 1. The molecule has 0 atom stereocenters. The summed E-state index contributed by atoms with van der Waals surface area (Å²) in [6.07, 6.45) is 7.35. The third-order valence-corrected chi connectivity index (χ3v) is 7.49. The Morgan fingerprint density at radius 2 is 1.69 bits per heavy atom. The highest BCUT2D eigenvalue weighted by molar-refractivity contribution is 5.99. The monoisotopic (exact) mass is 487 g/mol. The van der Waals surface area contributed by atoms with Gasteiger partial charge >= 0.3 is 0 Å². The van der Waals surface area contributed by atoms with E-state index in [2.05, 4.69) is 20.9 Å². The molecule has 0 radical (unpaired) electrons. The Kier molecular flexibility index (Phi) is 7.16. The van der Waals surface area contributed by atoms with Crippen LogP contribution in [0.4, 0.5) is 15.9 Å². The van der Waals surface area contributed by atoms with Gasteiger partial charge in [0.05, 0.1) is 5.69 Å². The van der Waals surface area contributed by atoms with E-state index in [1.807, 2.05) is 49.2 Å². The predicted molar refractivity (Wildman–Crippen MR) is 142 cm³/mol. The smallest absolute Gasteiger partial charge is 0.259 e. The maximum absolute atomic E-state index is 14.4. The summed E-state index contributed by atoms with van der Waals surface area (Å²) >= 11 is 0. The van der Waals surface area contributed by atoms with Crippen molar-refractivity contribution in [1.29, 1.82) is 0 Å². The minimum atomic E-state index is -0.209. The van der Waals surface area contributed by atoms with E-state index in [9.17, 15) is 9.18 Å². The highest BCUT2D eigenvalue weighted by Crippen LogP contribution is 2.29. The van der Waals surface area contributed by atoms with Crippen LogP contribution in [0.2, 0.25) is 0 Å². The molecule has 3 aromatic rings. The molecule has 0 N–H and O–H groups in total. The average molecular weight is 488 g/mol. The Hall–Kier alpha value is -3.48. The highest BCUT2D eigenvalue weighted by Gasteiger charge is 2.29. The number of anilines is 2. The lowest BCUT2D eigenvalue weighted by Gasteiger charge is -2.38. The van der Waals surface area contributed by atoms with Gasteiger partial charge < -0.3 is 14.7 Å². The summed E-state index contributed by atoms with van der Waals surface area (Å²) in [6.45, 7) is 4.63. The van der Waals surface area contributed by atoms with Crippen LogP contribution in [0.3, 0.4) is 0 Å². The maximum atomic E-state index is 14.4. The molecule has 1 amide bonds. The Morgan fingerprint density at radius 3 is 2.42 bits per heavy atom. The molecule has 1 saturated carbocycles. The molecule has 0 bridgehead atoms. The number of hydrogen-bond donors (Lipinski definition) is 0. The van der Waals surface area contributed by atoms with E-state index in [1.165, 1.54) is 12.5 Å². The standard InChI is InChI=1S/C29H34FN5O/c1-21-9-8-10-22(19-21)27-31-20-24(29(36)33(2)23-11-4-3-5-12-23)28(32-27)35-17-15-34(16-18-35)26-14-7-6-13-25(26)30/h6-10,13-14,19-20,23H,3-5,11-12,15-18H2,1-2H3. The zero-order valence-corrected chi connectivity index (χ0v) is 21.2. The number of hydrogen-bond acceptors (Lipinski definition) is 5. The summed E-state index contributed by atoms with van der Waals surface area (Å²) in [5.41, 5.74) is 3.22. The highest BCUT2D eigenvalue weighted by atomic mass is 19.1. The number of aromatic nitrogens is 2. The maximum Gasteiger partial charge on any atom is 0.259 e. The first-order valence-electron chi connectivity index (χ1n) is 13.0. The van der Waals surface area contributed by atoms with Crippen LogP contribution < -0.4 is 9.80 Å². The van der Waals surface area contributed by atoms with Crippen molar-refractivity contribution in [1.82, 2.24) is 14.9 Å². The van der Waals surface area contributed by atoms with Gasteiger partial charge in [-0.05, 0) is 38.0 Å². The van der Waals surface area contributed by atoms with Crippen molar-refractivity contribution < 1.29 is 9.18 Å². The molecule has 6 nitrogen and oxygen atoms in total. The fraction of sp³-hybridized carbons (Fsp3) is 0.414. The van der Waals surface area contributed by atoms with Crippen molar-refractivity contribution in [2.75, 3.05) is 43.0 Å². The molecule has 2 aliphatic rings. The Bertz CT molecular complexity index is 1220. The normalized spacial score (nSPS) is 16.8. The van der Waals surface area contributed by atoms with Crippen molar-refractivity contribution in [3.05, 3.63) is 71.7 Å². The van der Waals surface area contributed by atoms with Crippen molar-refractivity contribution in [3.8, 4) is 11.4 Å². The van der Waals surface area contributed by atoms with Crippen molar-refractivity contribution >= 4 is 17.4 Å². The summed E-state index contributed by atoms with van der Waals surface area (Å²) in [4.78, 5) is 29.4. The van der Waals surface area contributed by atoms with Crippen molar-refractivity contribution in [2.45, 2.75) is 45.1 Å². The van der Waals surface area contributed by atoms with Crippen LogP contribution in [-0.2, 0) is 0 Å². The second kappa shape index (κ2) is 10.6. The van der Waals surface area contributed by atoms with Gasteiger partial charge in [0.25, 0.3) is 5.91 Å². The zero-order chi connectivity index (χ0) is 25.1. The van der Waals surface area contributed by atoms with Gasteiger partial charge in [-0.25, -0.2) is 14.4 Å². The molecule has 1 aliphatic heterocycles. The molecule has 0 unspecified atom stereocenters. The van der Waals surface area contributed by atoms with E-state index in [0.717, 1.165) is 36.8 Å². The van der Waals surface area contributed by atoms with Crippen molar-refractivity contribution in [3.63, 3.8) is 0 Å². The number of aryl methyl sites for hydroxylation is 1. The molecule has 2 heterocycles. The van der Waals surface area contributed by atoms with Gasteiger partial charge in [0.1, 0.15) is 17.2 Å². The molecule has 0 spiro atoms. The molecule has 7 heteroatoms. The number of piperazine rings is 1. The number of amides is 1. The van der Waals surface area contributed by atoms with Crippen LogP contribution in [-0.4, -0.2) is 60.0 Å². The summed E-state index contributed by atoms with van der Waals surface area (Å²) in [5, 5.41) is 0. The topological polar surface area (TPSA) is 52.6 Å². The molecule has 2 aromatic carbocycles. The van der Waals surface area contributed by atoms with Gasteiger partial charge in [0.2, 0.25) is 0 Å². The minimum Gasteiger partial charge on any atom is -0.366 e. The average Bonchev–Trinajstić information content (AvgIpc) is 2.93. The second-order valence-electron chi connectivity index (χ2n) is 9.93. The van der Waals surface area contributed by atoms with Gasteiger partial charge in [-0.1, -0.05) is 55.2 Å². The molecule has 1 aromatic heterocycles. The predicted octanol–water partition coefficient (Wildman–Crippen LogP) is 5.32. The summed E-state index contributed by atoms with van der Waals surface area (Å²) in [5.74, 6) is 1.05. The van der Waals surface area contributed by atoms with Crippen molar-refractivity contribution in [2.24, 2.45) is 0 Å². The van der Waals surface area contributed by atoms with E-state index < -0.39 is 0 Å². The quantitative estimate of drug-likeness (QED) is 0.487. The fourth-order valence-electron chi connectivity index (χ4n) is 5.38. The van der Waals surface area contributed by atoms with E-state index in [4.69, 9.17) is 4.98 Å². The van der Waals surface area contributed by atoms with E-state index in [0.29, 0.717) is 49.1 Å². The summed E-state index contributed by atoms with van der Waals surface area (Å²) in [7, 11) is 1.91. The lowest BCUT2D eigenvalue weighted by Crippen LogP contribution is -2.48. The van der Waals surface area contributed by atoms with Gasteiger partial charge in [0, 0.05) is 51.0 Å². The molecule has 5 rings (SSSR count). The SMILES string of the molecule is Cc1cccc(-c2ncc(C(=O)N(C)C3CCCCC3)c(N3CCN(c4ccccc4F)CC3)n2)c1. The van der Waals surface area contributed by atoms with Crippen LogP contribution in [0.1, 0.15) is 48.0 Å². The van der Waals surface area contributed by atoms with Crippen LogP contribution in [0.5, 0.6) is 0 Å². The van der Waals surface area contributed by atoms with Crippen LogP contribution in [0.25, 0.3) is 11.4 Å². The van der Waals surface area contributed by atoms with Gasteiger partial charge in [0.15, 0.2) is 5.82 Å². The molecule has 188 valence electrons. The third kappa shape index (κ3) is 5.06. The third-order valence-electron chi connectivity index (χ3n) is 7.49. The fourth-order valence-corrected chi connectivity index (χ4v) is 5.38. The van der Waals surface area contributed by atoms with Gasteiger partial charge in [-0.2, -0.15) is 0 Å². The largest absolute Gasteiger partial charge is 0.366 e. The molecule has 36 heavy (non-hydrogen) atoms. The number of carbonyl (C=O) groups excluding carboxylic acids is 1. The zero-order valence-electron chi connectivity index (χ0n) is 21.2. The lowest BCUT2D eigenvalue weighted by molar-refractivity contribution is 0.0696. The number of carbonyl (C=O) groups is 1. The van der Waals surface area contributed by atoms with E-state index >= 15 is 0 Å². The van der Waals surface area contributed by atoms with Crippen LogP contribution >= 0.6 is 0 Å². The van der Waals surface area contributed by atoms with Gasteiger partial charge in [-0.15, -0.1) is 0 Å². The molecule has 1 saturated heterocycles. The number of nitrogens with zero attached hydrogens (tertiary/aromatic N) is 5. The van der Waals surface area contributed by atoms with E-state index in [1.54, 1.807) is 12.3 Å². The molecular formula is C29H34FN5O. The first-order valence-corrected chi connectivity index (χ1v) is 13.0. The Labute approximate surface area is 212 Å².